The lowest BCUT2D eigenvalue weighted by Gasteiger charge is -2.10. The molecule has 0 amide bonds. The standard InChI is InChI=1S/C12H8F6N2O2/c13-11(14,15)6-20-5-8(4-19-20)7-1-2-10(9(21)3-7)22-12(16,17)18/h1-5,21H,6H2. The van der Waals surface area contributed by atoms with Crippen molar-refractivity contribution in [2.75, 3.05) is 0 Å². The van der Waals surface area contributed by atoms with Crippen LogP contribution >= 0.6 is 0 Å². The molecule has 10 heteroatoms. The number of nitrogens with zero attached hydrogens (tertiary/aromatic N) is 2. The average molecular weight is 326 g/mol. The molecule has 0 aliphatic carbocycles. The van der Waals surface area contributed by atoms with E-state index < -0.39 is 30.6 Å². The molecule has 0 saturated heterocycles. The Balaban J connectivity index is 2.22. The van der Waals surface area contributed by atoms with E-state index in [-0.39, 0.29) is 11.1 Å². The maximum absolute atomic E-state index is 12.2. The first kappa shape index (κ1) is 16.0. The fraction of sp³-hybridized carbons (Fsp3) is 0.250. The zero-order valence-electron chi connectivity index (χ0n) is 10.6. The Hall–Kier alpha value is -2.39. The van der Waals surface area contributed by atoms with Gasteiger partial charge < -0.3 is 9.84 Å². The van der Waals surface area contributed by atoms with E-state index >= 15 is 0 Å². The molecule has 1 heterocycles. The summed E-state index contributed by atoms with van der Waals surface area (Å²) in [5.74, 6) is -1.60. The Morgan fingerprint density at radius 3 is 2.32 bits per heavy atom. The van der Waals surface area contributed by atoms with Gasteiger partial charge in [-0.1, -0.05) is 6.07 Å². The summed E-state index contributed by atoms with van der Waals surface area (Å²) in [6.07, 6.45) is -7.25. The second kappa shape index (κ2) is 5.43. The third-order valence-corrected chi connectivity index (χ3v) is 2.49. The minimum absolute atomic E-state index is 0.195. The van der Waals surface area contributed by atoms with Gasteiger partial charge in [0.1, 0.15) is 6.54 Å². The van der Waals surface area contributed by atoms with E-state index in [1.165, 1.54) is 0 Å². The van der Waals surface area contributed by atoms with Crippen LogP contribution < -0.4 is 4.74 Å². The molecule has 22 heavy (non-hydrogen) atoms. The van der Waals surface area contributed by atoms with Crippen LogP contribution in [-0.4, -0.2) is 27.4 Å². The molecule has 0 radical (unpaired) electrons. The highest BCUT2D eigenvalue weighted by atomic mass is 19.4. The van der Waals surface area contributed by atoms with Crippen molar-refractivity contribution in [2.45, 2.75) is 19.1 Å². The van der Waals surface area contributed by atoms with Gasteiger partial charge in [-0.3, -0.25) is 4.68 Å². The van der Waals surface area contributed by atoms with Crippen LogP contribution in [0.2, 0.25) is 0 Å². The molecule has 0 aliphatic rings. The number of benzene rings is 1. The van der Waals surface area contributed by atoms with Gasteiger partial charge in [-0.25, -0.2) is 0 Å². The molecule has 0 fully saturated rings. The van der Waals surface area contributed by atoms with E-state index in [2.05, 4.69) is 9.84 Å². The van der Waals surface area contributed by atoms with Crippen molar-refractivity contribution in [3.05, 3.63) is 30.6 Å². The first-order chi connectivity index (χ1) is 10.0. The first-order valence-corrected chi connectivity index (χ1v) is 5.72. The van der Waals surface area contributed by atoms with E-state index in [9.17, 15) is 31.4 Å². The third-order valence-electron chi connectivity index (χ3n) is 2.49. The molecule has 1 N–H and O–H groups in total. The van der Waals surface area contributed by atoms with Crippen molar-refractivity contribution in [1.29, 1.82) is 0 Å². The number of phenols is 1. The van der Waals surface area contributed by atoms with E-state index in [1.54, 1.807) is 0 Å². The molecule has 0 unspecified atom stereocenters. The van der Waals surface area contributed by atoms with Gasteiger partial charge in [0.05, 0.1) is 6.20 Å². The summed E-state index contributed by atoms with van der Waals surface area (Å²) in [5.41, 5.74) is 0.401. The van der Waals surface area contributed by atoms with Crippen molar-refractivity contribution in [3.63, 3.8) is 0 Å². The summed E-state index contributed by atoms with van der Waals surface area (Å²) in [5, 5.41) is 13.0. The Labute approximate surface area is 119 Å². The predicted molar refractivity (Wildman–Crippen MR) is 62.1 cm³/mol. The summed E-state index contributed by atoms with van der Waals surface area (Å²) in [6, 6.07) is 2.96. The monoisotopic (exact) mass is 326 g/mol. The number of hydrogen-bond acceptors (Lipinski definition) is 3. The Morgan fingerprint density at radius 1 is 1.09 bits per heavy atom. The topological polar surface area (TPSA) is 47.3 Å². The lowest BCUT2D eigenvalue weighted by Crippen LogP contribution is -2.17. The fourth-order valence-electron chi connectivity index (χ4n) is 1.69. The first-order valence-electron chi connectivity index (χ1n) is 5.72. The maximum atomic E-state index is 12.2. The van der Waals surface area contributed by atoms with Crippen LogP contribution in [0, 0.1) is 0 Å². The number of aromatic hydroxyl groups is 1. The molecule has 2 rings (SSSR count). The van der Waals surface area contributed by atoms with Gasteiger partial charge in [-0.05, 0) is 17.7 Å². The minimum atomic E-state index is -4.96. The number of rotatable bonds is 3. The number of aromatic nitrogens is 2. The van der Waals surface area contributed by atoms with Crippen LogP contribution in [0.3, 0.4) is 0 Å². The normalized spacial score (nSPS) is 12.5. The van der Waals surface area contributed by atoms with Gasteiger partial charge in [0.2, 0.25) is 0 Å². The Morgan fingerprint density at radius 2 is 1.77 bits per heavy atom. The molecular formula is C12H8F6N2O2. The van der Waals surface area contributed by atoms with Gasteiger partial charge in [0.25, 0.3) is 0 Å². The molecule has 120 valence electrons. The third kappa shape index (κ3) is 4.30. The maximum Gasteiger partial charge on any atom is 0.573 e. The van der Waals surface area contributed by atoms with Gasteiger partial charge in [-0.15, -0.1) is 13.2 Å². The molecule has 0 saturated carbocycles. The minimum Gasteiger partial charge on any atom is -0.504 e. The molecule has 1 aromatic heterocycles. The van der Waals surface area contributed by atoms with Gasteiger partial charge >= 0.3 is 12.5 Å². The zero-order chi connectivity index (χ0) is 16.5. The van der Waals surface area contributed by atoms with Crippen LogP contribution in [0.1, 0.15) is 0 Å². The van der Waals surface area contributed by atoms with Gasteiger partial charge in [-0.2, -0.15) is 18.3 Å². The van der Waals surface area contributed by atoms with Crippen LogP contribution in [0.25, 0.3) is 11.1 Å². The van der Waals surface area contributed by atoms with Crippen molar-refractivity contribution in [1.82, 2.24) is 9.78 Å². The summed E-state index contributed by atoms with van der Waals surface area (Å²) < 4.78 is 77.0. The number of hydrogen-bond donors (Lipinski definition) is 1. The largest absolute Gasteiger partial charge is 0.573 e. The second-order valence-corrected chi connectivity index (χ2v) is 4.27. The molecule has 4 nitrogen and oxygen atoms in total. The Kier molecular flexibility index (Phi) is 3.94. The molecule has 2 aromatic rings. The zero-order valence-corrected chi connectivity index (χ0v) is 10.6. The highest BCUT2D eigenvalue weighted by molar-refractivity contribution is 5.65. The number of halogens is 6. The highest BCUT2D eigenvalue weighted by Gasteiger charge is 2.32. The fourth-order valence-corrected chi connectivity index (χ4v) is 1.69. The van der Waals surface area contributed by atoms with Crippen LogP contribution in [0.5, 0.6) is 11.5 Å². The smallest absolute Gasteiger partial charge is 0.504 e. The molecule has 0 atom stereocenters. The SMILES string of the molecule is Oc1cc(-c2cnn(CC(F)(F)F)c2)ccc1OC(F)(F)F. The van der Waals surface area contributed by atoms with Crippen molar-refractivity contribution in [3.8, 4) is 22.6 Å². The molecule has 0 spiro atoms. The van der Waals surface area contributed by atoms with E-state index in [4.69, 9.17) is 0 Å². The lowest BCUT2D eigenvalue weighted by molar-refractivity contribution is -0.275. The molecule has 1 aromatic carbocycles. The van der Waals surface area contributed by atoms with Gasteiger partial charge in [0, 0.05) is 11.8 Å². The summed E-state index contributed by atoms with van der Waals surface area (Å²) in [7, 11) is 0. The summed E-state index contributed by atoms with van der Waals surface area (Å²) in [4.78, 5) is 0. The number of alkyl halides is 6. The van der Waals surface area contributed by atoms with E-state index in [1.807, 2.05) is 0 Å². The Bertz CT molecular complexity index is 662. The van der Waals surface area contributed by atoms with E-state index in [0.717, 1.165) is 30.6 Å². The summed E-state index contributed by atoms with van der Waals surface area (Å²) in [6.45, 7) is -1.30. The summed E-state index contributed by atoms with van der Waals surface area (Å²) >= 11 is 0. The van der Waals surface area contributed by atoms with Crippen molar-refractivity contribution in [2.24, 2.45) is 0 Å². The second-order valence-electron chi connectivity index (χ2n) is 4.27. The average Bonchev–Trinajstić information content (AvgIpc) is 2.76. The van der Waals surface area contributed by atoms with Gasteiger partial charge in [0.15, 0.2) is 11.5 Å². The lowest BCUT2D eigenvalue weighted by atomic mass is 10.1. The quantitative estimate of drug-likeness (QED) is 0.875. The molecular weight excluding hydrogens is 318 g/mol. The van der Waals surface area contributed by atoms with E-state index in [0.29, 0.717) is 4.68 Å². The van der Waals surface area contributed by atoms with Crippen molar-refractivity contribution < 1.29 is 36.2 Å². The van der Waals surface area contributed by atoms with Crippen molar-refractivity contribution >= 4 is 0 Å². The number of ether oxygens (including phenoxy) is 1. The van der Waals surface area contributed by atoms with Crippen LogP contribution in [-0.2, 0) is 6.54 Å². The molecule has 0 bridgehead atoms. The highest BCUT2D eigenvalue weighted by Crippen LogP contribution is 2.34. The number of phenolic OH excluding ortho intramolecular Hbond substituents is 1. The van der Waals surface area contributed by atoms with Crippen LogP contribution in [0.15, 0.2) is 30.6 Å². The molecule has 0 aliphatic heterocycles. The van der Waals surface area contributed by atoms with Crippen LogP contribution in [0.4, 0.5) is 26.3 Å². The predicted octanol–water partition coefficient (Wildman–Crippen LogP) is 3.72.